The van der Waals surface area contributed by atoms with Gasteiger partial charge < -0.3 is 19.4 Å². The van der Waals surface area contributed by atoms with Gasteiger partial charge in [0.15, 0.2) is 0 Å². The quantitative estimate of drug-likeness (QED) is 0.607. The number of hydrogen-bond donors (Lipinski definition) is 1. The number of ether oxygens (including phenoxy) is 1. The van der Waals surface area contributed by atoms with E-state index in [4.69, 9.17) is 14.0 Å². The molecule has 168 valence electrons. The molecule has 2 atom stereocenters. The van der Waals surface area contributed by atoms with E-state index >= 15 is 0 Å². The molecule has 2 fully saturated rings. The maximum atomic E-state index is 12.7. The predicted octanol–water partition coefficient (Wildman–Crippen LogP) is 3.20. The van der Waals surface area contributed by atoms with Crippen LogP contribution in [0.25, 0.3) is 0 Å². The molecule has 2 aliphatic heterocycles. The number of amides is 3. The average Bonchev–Trinajstić information content (AvgIpc) is 3.23. The van der Waals surface area contributed by atoms with Crippen molar-refractivity contribution in [3.8, 4) is 0 Å². The molecule has 2 bridgehead atoms. The van der Waals surface area contributed by atoms with Crippen LogP contribution in [0.1, 0.15) is 77.6 Å². The number of rotatable bonds is 9. The first kappa shape index (κ1) is 22.3. The van der Waals surface area contributed by atoms with Gasteiger partial charge in [-0.3, -0.25) is 4.84 Å². The fraction of sp³-hybridized carbons (Fsp3) is 0.800. The van der Waals surface area contributed by atoms with Crippen molar-refractivity contribution >= 4 is 12.1 Å². The van der Waals surface area contributed by atoms with Crippen molar-refractivity contribution in [3.63, 3.8) is 0 Å². The third-order valence-electron chi connectivity index (χ3n) is 5.05. The number of carbonyl (C=O) groups excluding carboxylic acids is 2. The number of hydroxylamine groups is 2. The van der Waals surface area contributed by atoms with Gasteiger partial charge in [0.1, 0.15) is 11.6 Å². The fourth-order valence-electron chi connectivity index (χ4n) is 3.61. The highest BCUT2D eigenvalue weighted by Gasteiger charge is 2.47. The number of carbonyl (C=O) groups is 2. The summed E-state index contributed by atoms with van der Waals surface area (Å²) in [6.07, 6.45) is 4.31. The van der Waals surface area contributed by atoms with Gasteiger partial charge in [0.25, 0.3) is 0 Å². The van der Waals surface area contributed by atoms with Crippen LogP contribution < -0.4 is 5.32 Å². The van der Waals surface area contributed by atoms with E-state index in [1.54, 1.807) is 4.90 Å². The van der Waals surface area contributed by atoms with E-state index in [0.717, 1.165) is 25.7 Å². The lowest BCUT2D eigenvalue weighted by Gasteiger charge is -2.27. The summed E-state index contributed by atoms with van der Waals surface area (Å²) < 4.78 is 11.0. The van der Waals surface area contributed by atoms with E-state index in [1.807, 2.05) is 20.8 Å². The molecular formula is C20H33N5O5. The van der Waals surface area contributed by atoms with Crippen molar-refractivity contribution in [2.24, 2.45) is 0 Å². The fourth-order valence-corrected chi connectivity index (χ4v) is 3.61. The minimum absolute atomic E-state index is 0.0897. The Morgan fingerprint density at radius 1 is 1.27 bits per heavy atom. The van der Waals surface area contributed by atoms with E-state index in [-0.39, 0.29) is 18.1 Å². The third kappa shape index (κ3) is 5.62. The highest BCUT2D eigenvalue weighted by Crippen LogP contribution is 2.38. The van der Waals surface area contributed by atoms with Crippen LogP contribution in [0.4, 0.5) is 9.59 Å². The minimum atomic E-state index is -0.520. The van der Waals surface area contributed by atoms with Crippen LogP contribution in [0.2, 0.25) is 0 Å². The number of nitrogens with zero attached hydrogens (tertiary/aromatic N) is 4. The summed E-state index contributed by atoms with van der Waals surface area (Å²) in [6, 6.07) is -0.249. The van der Waals surface area contributed by atoms with Crippen LogP contribution in [0.3, 0.4) is 0 Å². The first-order valence-corrected chi connectivity index (χ1v) is 10.8. The lowest BCUT2D eigenvalue weighted by Crippen LogP contribution is -2.34. The monoisotopic (exact) mass is 423 g/mol. The Balaban J connectivity index is 1.47. The van der Waals surface area contributed by atoms with Crippen molar-refractivity contribution in [1.82, 2.24) is 25.5 Å². The van der Waals surface area contributed by atoms with Gasteiger partial charge in [-0.15, -0.1) is 10.2 Å². The number of hydrogen-bond acceptors (Lipinski definition) is 7. The Labute approximate surface area is 177 Å². The van der Waals surface area contributed by atoms with Gasteiger partial charge in [0.05, 0.1) is 12.6 Å². The smallest absolute Gasteiger partial charge is 0.407 e. The van der Waals surface area contributed by atoms with Crippen LogP contribution in [-0.2, 0) is 16.0 Å². The van der Waals surface area contributed by atoms with E-state index < -0.39 is 11.7 Å². The summed E-state index contributed by atoms with van der Waals surface area (Å²) in [6.45, 7) is 9.18. The molecule has 0 aromatic carbocycles. The van der Waals surface area contributed by atoms with Gasteiger partial charge in [-0.1, -0.05) is 13.3 Å². The van der Waals surface area contributed by atoms with E-state index in [9.17, 15) is 9.59 Å². The first-order valence-electron chi connectivity index (χ1n) is 10.8. The Morgan fingerprint density at radius 3 is 2.80 bits per heavy atom. The number of aryl methyl sites for hydroxylation is 1. The second-order valence-corrected chi connectivity index (χ2v) is 8.76. The number of fused-ring (bicyclic) bond motifs is 2. The molecule has 3 amide bonds. The van der Waals surface area contributed by atoms with Crippen molar-refractivity contribution in [2.75, 3.05) is 19.7 Å². The zero-order chi connectivity index (χ0) is 21.7. The molecule has 3 rings (SSSR count). The second-order valence-electron chi connectivity index (χ2n) is 8.76. The Hall–Kier alpha value is -2.36. The maximum absolute atomic E-state index is 12.7. The lowest BCUT2D eigenvalue weighted by atomic mass is 10.0. The largest absolute Gasteiger partial charge is 0.444 e. The highest BCUT2D eigenvalue weighted by atomic mass is 16.7. The minimum Gasteiger partial charge on any atom is -0.444 e. The summed E-state index contributed by atoms with van der Waals surface area (Å²) in [7, 11) is 0. The average molecular weight is 424 g/mol. The predicted molar refractivity (Wildman–Crippen MR) is 107 cm³/mol. The van der Waals surface area contributed by atoms with Crippen molar-refractivity contribution in [3.05, 3.63) is 11.8 Å². The second kappa shape index (κ2) is 9.63. The topological polar surface area (TPSA) is 110 Å². The molecule has 0 spiro atoms. The van der Waals surface area contributed by atoms with Crippen LogP contribution in [0.15, 0.2) is 4.42 Å². The number of piperidine rings is 1. The highest BCUT2D eigenvalue weighted by molar-refractivity contribution is 5.77. The summed E-state index contributed by atoms with van der Waals surface area (Å²) >= 11 is 0. The maximum Gasteiger partial charge on any atom is 0.407 e. The lowest BCUT2D eigenvalue weighted by molar-refractivity contribution is -0.130. The SMILES string of the molecule is CCCCON1C(=O)N2CC1CC[C@H]2c1nnc(CCCNC(=O)OC(C)(C)C)o1. The van der Waals surface area contributed by atoms with Crippen molar-refractivity contribution in [2.45, 2.75) is 83.9 Å². The Morgan fingerprint density at radius 2 is 2.07 bits per heavy atom. The van der Waals surface area contributed by atoms with Crippen LogP contribution in [0, 0.1) is 0 Å². The van der Waals surface area contributed by atoms with Crippen LogP contribution in [0.5, 0.6) is 0 Å². The molecule has 0 saturated carbocycles. The summed E-state index contributed by atoms with van der Waals surface area (Å²) in [5.74, 6) is 0.966. The molecule has 1 N–H and O–H groups in total. The molecule has 1 aromatic heterocycles. The van der Waals surface area contributed by atoms with E-state index in [1.165, 1.54) is 5.06 Å². The summed E-state index contributed by atoms with van der Waals surface area (Å²) in [5, 5.41) is 12.5. The molecule has 30 heavy (non-hydrogen) atoms. The zero-order valence-corrected chi connectivity index (χ0v) is 18.3. The van der Waals surface area contributed by atoms with E-state index in [0.29, 0.717) is 44.3 Å². The zero-order valence-electron chi connectivity index (χ0n) is 18.3. The molecule has 0 aliphatic carbocycles. The van der Waals surface area contributed by atoms with Crippen molar-refractivity contribution in [1.29, 1.82) is 0 Å². The molecule has 10 nitrogen and oxygen atoms in total. The van der Waals surface area contributed by atoms with Gasteiger partial charge in [0, 0.05) is 19.5 Å². The van der Waals surface area contributed by atoms with Gasteiger partial charge in [-0.2, -0.15) is 5.06 Å². The molecule has 1 unspecified atom stereocenters. The first-order chi connectivity index (χ1) is 14.3. The van der Waals surface area contributed by atoms with Gasteiger partial charge >= 0.3 is 12.1 Å². The summed E-state index contributed by atoms with van der Waals surface area (Å²) in [5.41, 5.74) is -0.520. The normalized spacial score (nSPS) is 21.3. The Kier molecular flexibility index (Phi) is 7.17. The molecule has 1 aromatic rings. The standard InChI is InChI=1S/C20H33N5O5/c1-5-6-12-28-25-14-9-10-15(24(13-14)19(25)27)17-23-22-16(29-17)8-7-11-21-18(26)30-20(2,3)4/h14-15H,5-13H2,1-4H3,(H,21,26)/t14?,15-/m0/s1. The molecule has 2 saturated heterocycles. The number of aromatic nitrogens is 2. The number of nitrogens with one attached hydrogen (secondary N) is 1. The van der Waals surface area contributed by atoms with Gasteiger partial charge in [-0.25, -0.2) is 9.59 Å². The van der Waals surface area contributed by atoms with Gasteiger partial charge in [0.2, 0.25) is 11.8 Å². The van der Waals surface area contributed by atoms with Crippen molar-refractivity contribution < 1.29 is 23.6 Å². The summed E-state index contributed by atoms with van der Waals surface area (Å²) in [4.78, 5) is 31.9. The molecular weight excluding hydrogens is 390 g/mol. The van der Waals surface area contributed by atoms with E-state index in [2.05, 4.69) is 22.4 Å². The van der Waals surface area contributed by atoms with Crippen LogP contribution >= 0.6 is 0 Å². The molecule has 10 heteroatoms. The molecule has 2 aliphatic rings. The molecule has 0 radical (unpaired) electrons. The number of alkyl carbamates (subject to hydrolysis) is 1. The van der Waals surface area contributed by atoms with Gasteiger partial charge in [-0.05, 0) is 46.5 Å². The van der Waals surface area contributed by atoms with Crippen LogP contribution in [-0.4, -0.2) is 63.6 Å². The Bertz CT molecular complexity index is 731. The number of urea groups is 1. The molecule has 3 heterocycles. The third-order valence-corrected chi connectivity index (χ3v) is 5.05. The number of unbranched alkanes of at least 4 members (excludes halogenated alkanes) is 1.